The zero-order chi connectivity index (χ0) is 15.7. The zero-order valence-corrected chi connectivity index (χ0v) is 14.2. The minimum Gasteiger partial charge on any atom is -0.330 e. The maximum Gasteiger partial charge on any atom is 0.212 e. The molecular formula is C17H22N4S. The van der Waals surface area contributed by atoms with Crippen LogP contribution in [0.2, 0.25) is 0 Å². The van der Waals surface area contributed by atoms with Crippen LogP contribution < -0.4 is 5.73 Å². The van der Waals surface area contributed by atoms with Gasteiger partial charge in [-0.1, -0.05) is 56.4 Å². The Balaban J connectivity index is 2.04. The van der Waals surface area contributed by atoms with Crippen molar-refractivity contribution in [1.29, 1.82) is 0 Å². The number of aryl methyl sites for hydroxylation is 1. The number of hydrogen-bond acceptors (Lipinski definition) is 4. The van der Waals surface area contributed by atoms with Gasteiger partial charge in [0, 0.05) is 11.5 Å². The summed E-state index contributed by atoms with van der Waals surface area (Å²) < 4.78 is 2.02. The number of fused-ring (bicyclic) bond motifs is 1. The van der Waals surface area contributed by atoms with E-state index in [1.165, 1.54) is 11.3 Å². The lowest BCUT2D eigenvalue weighted by atomic mass is 10.1. The molecule has 116 valence electrons. The van der Waals surface area contributed by atoms with Crippen LogP contribution in [-0.4, -0.2) is 21.1 Å². The van der Waals surface area contributed by atoms with E-state index in [2.05, 4.69) is 45.0 Å². The van der Waals surface area contributed by atoms with Crippen molar-refractivity contribution < 1.29 is 0 Å². The van der Waals surface area contributed by atoms with Crippen molar-refractivity contribution in [3.8, 4) is 11.3 Å². The van der Waals surface area contributed by atoms with Crippen LogP contribution in [0.15, 0.2) is 24.3 Å². The van der Waals surface area contributed by atoms with E-state index in [1.807, 2.05) is 4.52 Å². The fourth-order valence-electron chi connectivity index (χ4n) is 2.58. The highest BCUT2D eigenvalue weighted by Gasteiger charge is 2.17. The number of rotatable bonds is 5. The average Bonchev–Trinajstić information content (AvgIpc) is 3.05. The van der Waals surface area contributed by atoms with Crippen LogP contribution in [0.5, 0.6) is 0 Å². The molecular weight excluding hydrogens is 292 g/mol. The minimum atomic E-state index is 0.440. The van der Waals surface area contributed by atoms with E-state index in [-0.39, 0.29) is 0 Å². The number of hydrogen-bond donors (Lipinski definition) is 1. The van der Waals surface area contributed by atoms with Crippen molar-refractivity contribution in [1.82, 2.24) is 14.6 Å². The van der Waals surface area contributed by atoms with Gasteiger partial charge in [-0.25, -0.2) is 9.50 Å². The van der Waals surface area contributed by atoms with Gasteiger partial charge in [0.15, 0.2) is 0 Å². The summed E-state index contributed by atoms with van der Waals surface area (Å²) in [6.07, 6.45) is 1.83. The van der Waals surface area contributed by atoms with Crippen molar-refractivity contribution in [2.45, 2.75) is 39.5 Å². The topological polar surface area (TPSA) is 56.2 Å². The molecule has 0 amide bonds. The number of benzene rings is 1. The molecule has 2 aromatic heterocycles. The van der Waals surface area contributed by atoms with Gasteiger partial charge < -0.3 is 5.73 Å². The van der Waals surface area contributed by atoms with Gasteiger partial charge in [0.05, 0.1) is 11.4 Å². The molecule has 0 spiro atoms. The van der Waals surface area contributed by atoms with Crippen molar-refractivity contribution in [2.24, 2.45) is 5.73 Å². The molecule has 0 saturated heterocycles. The molecule has 0 unspecified atom stereocenters. The van der Waals surface area contributed by atoms with Gasteiger partial charge in [0.2, 0.25) is 4.96 Å². The average molecular weight is 314 g/mol. The Bertz CT molecular complexity index is 768. The van der Waals surface area contributed by atoms with Crippen LogP contribution in [0.1, 0.15) is 43.0 Å². The highest BCUT2D eigenvalue weighted by atomic mass is 32.1. The van der Waals surface area contributed by atoms with Crippen LogP contribution in [0.25, 0.3) is 16.2 Å². The molecule has 0 fully saturated rings. The molecule has 2 N–H and O–H groups in total. The first kappa shape index (κ1) is 15.2. The van der Waals surface area contributed by atoms with E-state index in [0.29, 0.717) is 12.5 Å². The molecule has 0 saturated carbocycles. The first-order chi connectivity index (χ1) is 10.6. The molecule has 4 nitrogen and oxygen atoms in total. The summed E-state index contributed by atoms with van der Waals surface area (Å²) >= 11 is 1.69. The molecule has 0 aliphatic carbocycles. The molecule has 22 heavy (non-hydrogen) atoms. The fraction of sp³-hybridized carbons (Fsp3) is 0.412. The number of aromatic nitrogens is 3. The summed E-state index contributed by atoms with van der Waals surface area (Å²) in [5.74, 6) is 0.440. The van der Waals surface area contributed by atoms with Crippen LogP contribution in [0.3, 0.4) is 0 Å². The highest BCUT2D eigenvalue weighted by molar-refractivity contribution is 7.16. The minimum absolute atomic E-state index is 0.440. The van der Waals surface area contributed by atoms with Gasteiger partial charge in [0.25, 0.3) is 0 Å². The van der Waals surface area contributed by atoms with Gasteiger partial charge in [0.1, 0.15) is 5.01 Å². The smallest absolute Gasteiger partial charge is 0.212 e. The normalized spacial score (nSPS) is 11.7. The third-order valence-corrected chi connectivity index (χ3v) is 5.01. The summed E-state index contributed by atoms with van der Waals surface area (Å²) in [6, 6.07) is 8.56. The molecule has 0 radical (unpaired) electrons. The van der Waals surface area contributed by atoms with E-state index in [1.54, 1.807) is 11.3 Å². The molecule has 0 atom stereocenters. The number of imidazole rings is 1. The third kappa shape index (κ3) is 2.66. The van der Waals surface area contributed by atoms with Crippen LogP contribution >= 0.6 is 11.3 Å². The summed E-state index contributed by atoms with van der Waals surface area (Å²) in [4.78, 5) is 5.81. The molecule has 3 rings (SSSR count). The first-order valence-corrected chi connectivity index (χ1v) is 8.63. The number of nitrogens with two attached hydrogens (primary N) is 1. The predicted molar refractivity (Wildman–Crippen MR) is 92.5 cm³/mol. The fourth-order valence-corrected chi connectivity index (χ4v) is 3.50. The Morgan fingerprint density at radius 3 is 2.55 bits per heavy atom. The van der Waals surface area contributed by atoms with Gasteiger partial charge in [-0.05, 0) is 24.9 Å². The standard InChI is InChI=1S/C17H22N4S/c1-4-14-15(13-7-5-12(6-8-13)9-10-18)19-17-21(14)20-16(22-17)11(2)3/h5-8,11H,4,9-10,18H2,1-3H3. The summed E-state index contributed by atoms with van der Waals surface area (Å²) in [5, 5.41) is 5.87. The Labute approximate surface area is 135 Å². The number of nitrogens with zero attached hydrogens (tertiary/aromatic N) is 3. The van der Waals surface area contributed by atoms with Gasteiger partial charge >= 0.3 is 0 Å². The molecule has 1 aromatic carbocycles. The predicted octanol–water partition coefficient (Wildman–Crippen LogP) is 3.64. The SMILES string of the molecule is CCc1c(-c2ccc(CCN)cc2)nc2sc(C(C)C)nn12. The Kier molecular flexibility index (Phi) is 4.27. The Hall–Kier alpha value is -1.72. The molecule has 0 aliphatic heterocycles. The van der Waals surface area contributed by atoms with Crippen LogP contribution in [0.4, 0.5) is 0 Å². The third-order valence-electron chi connectivity index (χ3n) is 3.80. The first-order valence-electron chi connectivity index (χ1n) is 7.81. The molecule has 2 heterocycles. The zero-order valence-electron chi connectivity index (χ0n) is 13.3. The van der Waals surface area contributed by atoms with Gasteiger partial charge in [-0.3, -0.25) is 0 Å². The van der Waals surface area contributed by atoms with E-state index < -0.39 is 0 Å². The van der Waals surface area contributed by atoms with E-state index in [0.717, 1.165) is 34.1 Å². The molecule has 0 bridgehead atoms. The second-order valence-electron chi connectivity index (χ2n) is 5.79. The largest absolute Gasteiger partial charge is 0.330 e. The summed E-state index contributed by atoms with van der Waals surface area (Å²) in [7, 11) is 0. The quantitative estimate of drug-likeness (QED) is 0.782. The Morgan fingerprint density at radius 1 is 1.23 bits per heavy atom. The molecule has 5 heteroatoms. The maximum atomic E-state index is 5.61. The lowest BCUT2D eigenvalue weighted by Gasteiger charge is -2.04. The van der Waals surface area contributed by atoms with E-state index in [4.69, 9.17) is 15.8 Å². The van der Waals surface area contributed by atoms with Crippen LogP contribution in [0, 0.1) is 0 Å². The maximum absolute atomic E-state index is 5.61. The lowest BCUT2D eigenvalue weighted by Crippen LogP contribution is -2.02. The van der Waals surface area contributed by atoms with Crippen molar-refractivity contribution >= 4 is 16.3 Å². The van der Waals surface area contributed by atoms with Crippen molar-refractivity contribution in [3.63, 3.8) is 0 Å². The second-order valence-corrected chi connectivity index (χ2v) is 6.77. The Morgan fingerprint density at radius 2 is 1.95 bits per heavy atom. The van der Waals surface area contributed by atoms with Gasteiger partial charge in [-0.2, -0.15) is 5.10 Å². The van der Waals surface area contributed by atoms with E-state index >= 15 is 0 Å². The van der Waals surface area contributed by atoms with E-state index in [9.17, 15) is 0 Å². The second kappa shape index (κ2) is 6.18. The molecule has 3 aromatic rings. The van der Waals surface area contributed by atoms with Crippen molar-refractivity contribution in [2.75, 3.05) is 6.54 Å². The monoisotopic (exact) mass is 314 g/mol. The van der Waals surface area contributed by atoms with Crippen molar-refractivity contribution in [3.05, 3.63) is 40.5 Å². The summed E-state index contributed by atoms with van der Waals surface area (Å²) in [5.41, 5.74) is 10.3. The summed E-state index contributed by atoms with van der Waals surface area (Å²) in [6.45, 7) is 7.17. The van der Waals surface area contributed by atoms with Gasteiger partial charge in [-0.15, -0.1) is 0 Å². The molecule has 0 aliphatic rings. The lowest BCUT2D eigenvalue weighted by molar-refractivity contribution is 0.782. The highest BCUT2D eigenvalue weighted by Crippen LogP contribution is 2.29. The van der Waals surface area contributed by atoms with Crippen LogP contribution in [-0.2, 0) is 12.8 Å².